The summed E-state index contributed by atoms with van der Waals surface area (Å²) >= 11 is 0. The number of nitrogens with zero attached hydrogens (tertiary/aromatic N) is 4. The Bertz CT molecular complexity index is 1320. The van der Waals surface area contributed by atoms with Gasteiger partial charge in [0.2, 0.25) is 15.9 Å². The van der Waals surface area contributed by atoms with Crippen LogP contribution in [-0.4, -0.2) is 58.3 Å². The lowest BCUT2D eigenvalue weighted by molar-refractivity contribution is 0.0857. The highest BCUT2D eigenvalue weighted by molar-refractivity contribution is 7.89. The maximum absolute atomic E-state index is 14.8. The van der Waals surface area contributed by atoms with Crippen molar-refractivity contribution in [1.29, 1.82) is 0 Å². The fraction of sp³-hybridized carbons (Fsp3) is 0.316. The van der Waals surface area contributed by atoms with Crippen LogP contribution in [0, 0.1) is 18.6 Å². The lowest BCUT2D eigenvalue weighted by Gasteiger charge is -2.30. The highest BCUT2D eigenvalue weighted by Crippen LogP contribution is 2.33. The van der Waals surface area contributed by atoms with Crippen LogP contribution in [0.4, 0.5) is 13.6 Å². The van der Waals surface area contributed by atoms with Crippen LogP contribution in [0.1, 0.15) is 18.5 Å². The molecule has 1 fully saturated rings. The minimum atomic E-state index is -4.44. The summed E-state index contributed by atoms with van der Waals surface area (Å²) in [5.74, 6) is -1.89. The minimum absolute atomic E-state index is 0.175. The van der Waals surface area contributed by atoms with Crippen molar-refractivity contribution in [3.63, 3.8) is 0 Å². The van der Waals surface area contributed by atoms with Crippen LogP contribution in [-0.2, 0) is 10.0 Å². The maximum Gasteiger partial charge on any atom is 0.407 e. The number of piperidine rings is 1. The number of sulfonamides is 1. The Hall–Kier alpha value is -3.32. The Labute approximate surface area is 181 Å². The van der Waals surface area contributed by atoms with E-state index >= 15 is 0 Å². The fourth-order valence-corrected chi connectivity index (χ4v) is 4.31. The molecule has 0 unspecified atom stereocenters. The number of hydrogen-bond acceptors (Lipinski definition) is 6. The molecule has 1 aliphatic rings. The molecule has 4 rings (SSSR count). The molecule has 0 atom stereocenters. The molecular weight excluding hydrogens is 448 g/mol. The van der Waals surface area contributed by atoms with E-state index in [1.54, 1.807) is 13.0 Å². The molecule has 0 saturated carbocycles. The molecule has 0 radical (unpaired) electrons. The van der Waals surface area contributed by atoms with Crippen molar-refractivity contribution in [3.8, 4) is 17.0 Å². The van der Waals surface area contributed by atoms with E-state index in [1.807, 2.05) is 0 Å². The third-order valence-electron chi connectivity index (χ3n) is 5.26. The van der Waals surface area contributed by atoms with Crippen molar-refractivity contribution < 1.29 is 31.8 Å². The third-order valence-corrected chi connectivity index (χ3v) is 6.18. The number of primary sulfonamides is 1. The molecule has 0 bridgehead atoms. The van der Waals surface area contributed by atoms with Gasteiger partial charge in [-0.05, 0) is 19.1 Å². The predicted octanol–water partition coefficient (Wildman–Crippen LogP) is 2.15. The molecule has 3 aromatic rings. The van der Waals surface area contributed by atoms with Crippen LogP contribution >= 0.6 is 0 Å². The predicted molar refractivity (Wildman–Crippen MR) is 108 cm³/mol. The zero-order valence-electron chi connectivity index (χ0n) is 16.8. The first-order valence-electron chi connectivity index (χ1n) is 9.57. The SMILES string of the molecule is Cc1nn2c(OC3CCN(C(=O)O)CC3)ccnc2c1-c1cc(F)c(S(N)(=O)=O)cc1F. The second-order valence-corrected chi connectivity index (χ2v) is 8.90. The van der Waals surface area contributed by atoms with Gasteiger partial charge in [-0.1, -0.05) is 0 Å². The molecule has 0 aliphatic carbocycles. The Balaban J connectivity index is 1.71. The van der Waals surface area contributed by atoms with Crippen molar-refractivity contribution in [2.45, 2.75) is 30.8 Å². The number of amides is 1. The lowest BCUT2D eigenvalue weighted by Crippen LogP contribution is -2.41. The smallest absolute Gasteiger partial charge is 0.407 e. The quantitative estimate of drug-likeness (QED) is 0.599. The number of rotatable bonds is 4. The number of carboxylic acid groups (broad SMARTS) is 1. The van der Waals surface area contributed by atoms with E-state index < -0.39 is 32.6 Å². The van der Waals surface area contributed by atoms with Gasteiger partial charge in [-0.3, -0.25) is 0 Å². The minimum Gasteiger partial charge on any atom is -0.474 e. The van der Waals surface area contributed by atoms with Gasteiger partial charge in [0.05, 0.1) is 11.3 Å². The number of aromatic nitrogens is 3. The highest BCUT2D eigenvalue weighted by atomic mass is 32.2. The summed E-state index contributed by atoms with van der Waals surface area (Å²) in [5, 5.41) is 18.3. The maximum atomic E-state index is 14.8. The number of carbonyl (C=O) groups is 1. The lowest BCUT2D eigenvalue weighted by atomic mass is 10.1. The van der Waals surface area contributed by atoms with Crippen molar-refractivity contribution in [2.24, 2.45) is 5.14 Å². The first-order chi connectivity index (χ1) is 15.1. The first kappa shape index (κ1) is 21.9. The average Bonchev–Trinajstić information content (AvgIpc) is 3.06. The molecule has 1 aliphatic heterocycles. The molecule has 13 heteroatoms. The van der Waals surface area contributed by atoms with Crippen molar-refractivity contribution in [3.05, 3.63) is 41.7 Å². The zero-order chi connectivity index (χ0) is 23.2. The Morgan fingerprint density at radius 1 is 1.25 bits per heavy atom. The second-order valence-electron chi connectivity index (χ2n) is 7.37. The molecule has 32 heavy (non-hydrogen) atoms. The average molecular weight is 467 g/mol. The highest BCUT2D eigenvalue weighted by Gasteiger charge is 2.26. The summed E-state index contributed by atoms with van der Waals surface area (Å²) in [4.78, 5) is 15.6. The molecule has 2 aromatic heterocycles. The van der Waals surface area contributed by atoms with E-state index in [0.29, 0.717) is 43.6 Å². The monoisotopic (exact) mass is 467 g/mol. The van der Waals surface area contributed by atoms with Gasteiger partial charge < -0.3 is 14.7 Å². The van der Waals surface area contributed by atoms with Gasteiger partial charge in [-0.2, -0.15) is 9.61 Å². The van der Waals surface area contributed by atoms with Gasteiger partial charge in [-0.25, -0.2) is 32.1 Å². The molecule has 170 valence electrons. The summed E-state index contributed by atoms with van der Waals surface area (Å²) in [6.07, 6.45) is 1.15. The van der Waals surface area contributed by atoms with Crippen LogP contribution < -0.4 is 9.88 Å². The largest absolute Gasteiger partial charge is 0.474 e. The Morgan fingerprint density at radius 3 is 2.56 bits per heavy atom. The molecular formula is C19H19F2N5O5S. The Morgan fingerprint density at radius 2 is 1.94 bits per heavy atom. The Kier molecular flexibility index (Phi) is 5.46. The van der Waals surface area contributed by atoms with Crippen LogP contribution in [0.3, 0.4) is 0 Å². The normalized spacial score (nSPS) is 15.3. The summed E-state index contributed by atoms with van der Waals surface area (Å²) < 4.78 is 59.4. The molecule has 10 nitrogen and oxygen atoms in total. The molecule has 3 heterocycles. The fourth-order valence-electron chi connectivity index (χ4n) is 3.71. The molecule has 0 spiro atoms. The van der Waals surface area contributed by atoms with E-state index in [0.717, 1.165) is 6.07 Å². The summed E-state index contributed by atoms with van der Waals surface area (Å²) in [6.45, 7) is 2.24. The number of halogens is 2. The number of aryl methyl sites for hydroxylation is 1. The topological polar surface area (TPSA) is 140 Å². The molecule has 1 aromatic carbocycles. The standard InChI is InChI=1S/C19H19F2N5O5S/c1-10-17(12-8-14(21)15(9-13(12)20)32(22,29)30)18-23-5-2-16(26(18)24-10)31-11-3-6-25(7-4-11)19(27)28/h2,5,8-9,11H,3-4,6-7H2,1H3,(H,27,28)(H2,22,29,30). The number of nitrogens with two attached hydrogens (primary N) is 1. The van der Waals surface area contributed by atoms with Gasteiger partial charge in [0.1, 0.15) is 22.6 Å². The van der Waals surface area contributed by atoms with Crippen LogP contribution in [0.5, 0.6) is 5.88 Å². The third kappa shape index (κ3) is 3.96. The number of fused-ring (bicyclic) bond motifs is 1. The summed E-state index contributed by atoms with van der Waals surface area (Å²) in [5.41, 5.74) is 0.455. The van der Waals surface area contributed by atoms with Crippen molar-refractivity contribution >= 4 is 21.8 Å². The van der Waals surface area contributed by atoms with Gasteiger partial charge in [0.15, 0.2) is 5.65 Å². The van der Waals surface area contributed by atoms with Gasteiger partial charge in [0, 0.05) is 43.8 Å². The molecule has 3 N–H and O–H groups in total. The second kappa shape index (κ2) is 7.98. The molecule has 1 saturated heterocycles. The first-order valence-corrected chi connectivity index (χ1v) is 11.1. The van der Waals surface area contributed by atoms with E-state index in [1.165, 1.54) is 15.6 Å². The van der Waals surface area contributed by atoms with Gasteiger partial charge >= 0.3 is 6.09 Å². The number of hydrogen-bond donors (Lipinski definition) is 2. The van der Waals surface area contributed by atoms with Crippen LogP contribution in [0.15, 0.2) is 29.3 Å². The van der Waals surface area contributed by atoms with E-state index in [9.17, 15) is 22.0 Å². The summed E-state index contributed by atoms with van der Waals surface area (Å²) in [7, 11) is -4.44. The van der Waals surface area contributed by atoms with Crippen molar-refractivity contribution in [1.82, 2.24) is 19.5 Å². The zero-order valence-corrected chi connectivity index (χ0v) is 17.6. The molecule has 1 amide bonds. The van der Waals surface area contributed by atoms with Crippen LogP contribution in [0.25, 0.3) is 16.8 Å². The number of ether oxygens (including phenoxy) is 1. The van der Waals surface area contributed by atoms with Gasteiger partial charge in [0.25, 0.3) is 0 Å². The van der Waals surface area contributed by atoms with E-state index in [2.05, 4.69) is 10.1 Å². The number of likely N-dealkylation sites (tertiary alicyclic amines) is 1. The van der Waals surface area contributed by atoms with Gasteiger partial charge in [-0.15, -0.1) is 0 Å². The van der Waals surface area contributed by atoms with E-state index in [-0.39, 0.29) is 22.9 Å². The number of benzene rings is 1. The van der Waals surface area contributed by atoms with E-state index in [4.69, 9.17) is 15.0 Å². The van der Waals surface area contributed by atoms with Crippen LogP contribution in [0.2, 0.25) is 0 Å². The summed E-state index contributed by atoms with van der Waals surface area (Å²) in [6, 6.07) is 2.84. The van der Waals surface area contributed by atoms with Crippen molar-refractivity contribution in [2.75, 3.05) is 13.1 Å².